The van der Waals surface area contributed by atoms with E-state index >= 15 is 0 Å². The molecule has 2 aromatic heterocycles. The van der Waals surface area contributed by atoms with Gasteiger partial charge < -0.3 is 5.32 Å². The van der Waals surface area contributed by atoms with Gasteiger partial charge in [0.05, 0.1) is 10.2 Å². The van der Waals surface area contributed by atoms with Crippen LogP contribution >= 0.6 is 11.3 Å². The van der Waals surface area contributed by atoms with E-state index in [0.29, 0.717) is 0 Å². The number of halogens is 1. The lowest BCUT2D eigenvalue weighted by Gasteiger charge is -2.14. The number of aromatic nitrogens is 2. The third-order valence-corrected chi connectivity index (χ3v) is 6.17. The van der Waals surface area contributed by atoms with Gasteiger partial charge in [-0.15, -0.1) is 0 Å². The van der Waals surface area contributed by atoms with Gasteiger partial charge in [-0.3, -0.25) is 9.89 Å². The third-order valence-electron chi connectivity index (χ3n) is 5.24. The van der Waals surface area contributed by atoms with Gasteiger partial charge in [-0.05, 0) is 61.3 Å². The molecule has 1 fully saturated rings. The van der Waals surface area contributed by atoms with Gasteiger partial charge in [0.25, 0.3) is 0 Å². The van der Waals surface area contributed by atoms with E-state index in [1.54, 1.807) is 17.5 Å². The summed E-state index contributed by atoms with van der Waals surface area (Å²) in [6, 6.07) is 10.5. The summed E-state index contributed by atoms with van der Waals surface area (Å²) in [6.45, 7) is 4.89. The van der Waals surface area contributed by atoms with Crippen LogP contribution in [0.4, 0.5) is 15.3 Å². The summed E-state index contributed by atoms with van der Waals surface area (Å²) in [4.78, 5) is 15.5. The smallest absolute Gasteiger partial charge is 0.189 e. The van der Waals surface area contributed by atoms with Crippen molar-refractivity contribution in [1.29, 1.82) is 0 Å². The fourth-order valence-corrected chi connectivity index (χ4v) is 4.54. The van der Waals surface area contributed by atoms with Crippen molar-refractivity contribution in [1.82, 2.24) is 14.9 Å². The number of anilines is 2. The molecule has 7 heteroatoms. The second-order valence-electron chi connectivity index (χ2n) is 7.52. The Bertz CT molecular complexity index is 1040. The molecule has 0 amide bonds. The maximum atomic E-state index is 12.1. The zero-order valence-electron chi connectivity index (χ0n) is 17.1. The van der Waals surface area contributed by atoms with Gasteiger partial charge in [0.2, 0.25) is 0 Å². The van der Waals surface area contributed by atoms with Crippen molar-refractivity contribution in [3.05, 3.63) is 59.9 Å². The van der Waals surface area contributed by atoms with Crippen molar-refractivity contribution in [3.63, 3.8) is 0 Å². The molecule has 1 N–H and O–H groups in total. The summed E-state index contributed by atoms with van der Waals surface area (Å²) in [5, 5.41) is 4.20. The molecule has 5 nitrogen and oxygen atoms in total. The fourth-order valence-electron chi connectivity index (χ4n) is 3.62. The summed E-state index contributed by atoms with van der Waals surface area (Å²) in [5.41, 5.74) is 3.41. The largest absolute Gasteiger partial charge is 0.316 e. The molecular weight excluding hydrogens is 397 g/mol. The molecule has 0 spiro atoms. The predicted octanol–water partition coefficient (Wildman–Crippen LogP) is 5.69. The standard InChI is InChI=1S/C23H26FN5S/c1-17(6-9-25-11-8-24)19-4-5-20-21(15-19)30-23(27-20)28-22-14-18(7-10-26-22)16-29-12-2-3-13-29/h4-7,9-11,14-15,17H,2-3,8,12-13,16H2,1H3,(H,26,27,28)/b9-6-,25-11-. The molecule has 3 aromatic rings. The van der Waals surface area contributed by atoms with E-state index in [4.69, 9.17) is 4.98 Å². The van der Waals surface area contributed by atoms with E-state index in [2.05, 4.69) is 51.4 Å². The molecule has 0 saturated carbocycles. The van der Waals surface area contributed by atoms with Crippen LogP contribution in [0.15, 0.2) is 53.8 Å². The van der Waals surface area contributed by atoms with Crippen molar-refractivity contribution in [2.45, 2.75) is 32.2 Å². The van der Waals surface area contributed by atoms with Crippen molar-refractivity contribution < 1.29 is 4.39 Å². The van der Waals surface area contributed by atoms with E-state index in [9.17, 15) is 4.39 Å². The Hall–Kier alpha value is -2.64. The highest BCUT2D eigenvalue weighted by Gasteiger charge is 2.13. The van der Waals surface area contributed by atoms with Gasteiger partial charge in [-0.1, -0.05) is 30.4 Å². The highest BCUT2D eigenvalue weighted by atomic mass is 32.1. The molecule has 1 aliphatic rings. The van der Waals surface area contributed by atoms with E-state index in [1.165, 1.54) is 43.3 Å². The van der Waals surface area contributed by atoms with Crippen molar-refractivity contribution in [2.75, 3.05) is 25.1 Å². The number of allylic oxidation sites excluding steroid dienone is 1. The van der Waals surface area contributed by atoms with Crippen molar-refractivity contribution >= 4 is 38.7 Å². The number of alkyl halides is 1. The number of nitrogens with one attached hydrogen (secondary N) is 1. The molecule has 1 unspecified atom stereocenters. The minimum Gasteiger partial charge on any atom is -0.316 e. The van der Waals surface area contributed by atoms with Gasteiger partial charge >= 0.3 is 0 Å². The number of hydrogen-bond acceptors (Lipinski definition) is 6. The molecule has 4 rings (SSSR count). The number of nitrogens with zero attached hydrogens (tertiary/aromatic N) is 4. The zero-order chi connectivity index (χ0) is 20.8. The van der Waals surface area contributed by atoms with Crippen molar-refractivity contribution in [3.8, 4) is 0 Å². The SMILES string of the molecule is CC(/C=C\N=C/CF)c1ccc2nc(Nc3cc(CN4CCCC4)ccn3)sc2c1. The molecule has 0 bridgehead atoms. The lowest BCUT2D eigenvalue weighted by molar-refractivity contribution is 0.331. The number of pyridine rings is 1. The first kappa shape index (κ1) is 20.6. The average Bonchev–Trinajstić information content (AvgIpc) is 3.40. The first-order valence-electron chi connectivity index (χ1n) is 10.3. The van der Waals surface area contributed by atoms with Gasteiger partial charge in [0.15, 0.2) is 5.13 Å². The van der Waals surface area contributed by atoms with E-state index in [-0.39, 0.29) is 5.92 Å². The number of fused-ring (bicyclic) bond motifs is 1. The lowest BCUT2D eigenvalue weighted by atomic mass is 10.0. The molecule has 156 valence electrons. The fraction of sp³-hybridized carbons (Fsp3) is 0.348. The zero-order valence-corrected chi connectivity index (χ0v) is 17.9. The van der Waals surface area contributed by atoms with Gasteiger partial charge in [0.1, 0.15) is 12.5 Å². The maximum Gasteiger partial charge on any atom is 0.189 e. The topological polar surface area (TPSA) is 53.4 Å². The molecule has 1 aromatic carbocycles. The van der Waals surface area contributed by atoms with Crippen LogP contribution in [0.25, 0.3) is 10.2 Å². The van der Waals surface area contributed by atoms with Crippen LogP contribution in [0.5, 0.6) is 0 Å². The minimum atomic E-state index is -0.544. The Morgan fingerprint density at radius 1 is 1.27 bits per heavy atom. The van der Waals surface area contributed by atoms with Crippen LogP contribution in [0, 0.1) is 0 Å². The minimum absolute atomic E-state index is 0.189. The van der Waals surface area contributed by atoms with Gasteiger partial charge in [-0.2, -0.15) is 0 Å². The first-order valence-corrected chi connectivity index (χ1v) is 11.1. The van der Waals surface area contributed by atoms with Gasteiger partial charge in [-0.25, -0.2) is 14.4 Å². The monoisotopic (exact) mass is 423 g/mol. The average molecular weight is 424 g/mol. The van der Waals surface area contributed by atoms with Crippen LogP contribution in [0.1, 0.15) is 36.8 Å². The van der Waals surface area contributed by atoms with E-state index < -0.39 is 6.67 Å². The van der Waals surface area contributed by atoms with Crippen LogP contribution in [-0.4, -0.2) is 40.8 Å². The predicted molar refractivity (Wildman–Crippen MR) is 124 cm³/mol. The second-order valence-corrected chi connectivity index (χ2v) is 8.55. The summed E-state index contributed by atoms with van der Waals surface area (Å²) >= 11 is 1.62. The van der Waals surface area contributed by atoms with E-state index in [0.717, 1.165) is 27.7 Å². The second kappa shape index (κ2) is 9.91. The molecular formula is C23H26FN5S. The Morgan fingerprint density at radius 2 is 2.13 bits per heavy atom. The Labute approximate surface area is 180 Å². The highest BCUT2D eigenvalue weighted by Crippen LogP contribution is 2.31. The Balaban J connectivity index is 1.46. The molecule has 1 atom stereocenters. The number of rotatable bonds is 8. The highest BCUT2D eigenvalue weighted by molar-refractivity contribution is 7.22. The quantitative estimate of drug-likeness (QED) is 0.473. The number of thiazole rings is 1. The number of likely N-dealkylation sites (tertiary alicyclic amines) is 1. The lowest BCUT2D eigenvalue weighted by Crippen LogP contribution is -2.18. The molecule has 30 heavy (non-hydrogen) atoms. The Kier molecular flexibility index (Phi) is 6.81. The summed E-state index contributed by atoms with van der Waals surface area (Å²) in [5.74, 6) is 1.02. The molecule has 3 heterocycles. The first-order chi connectivity index (χ1) is 14.7. The van der Waals surface area contributed by atoms with E-state index in [1.807, 2.05) is 18.3 Å². The number of aliphatic imine (C=N–C) groups is 1. The van der Waals surface area contributed by atoms with Crippen LogP contribution in [0.2, 0.25) is 0 Å². The molecule has 0 aliphatic carbocycles. The summed E-state index contributed by atoms with van der Waals surface area (Å²) in [6.07, 6.45) is 9.31. The molecule has 1 aliphatic heterocycles. The molecule has 0 radical (unpaired) electrons. The molecule has 1 saturated heterocycles. The third kappa shape index (κ3) is 5.29. The number of hydrogen-bond donors (Lipinski definition) is 1. The summed E-state index contributed by atoms with van der Waals surface area (Å²) in [7, 11) is 0. The van der Waals surface area contributed by atoms with Gasteiger partial charge in [0, 0.05) is 31.1 Å². The summed E-state index contributed by atoms with van der Waals surface area (Å²) < 4.78 is 13.2. The van der Waals surface area contributed by atoms with Crippen LogP contribution in [-0.2, 0) is 6.54 Å². The Morgan fingerprint density at radius 3 is 2.97 bits per heavy atom. The van der Waals surface area contributed by atoms with Crippen molar-refractivity contribution in [2.24, 2.45) is 4.99 Å². The maximum absolute atomic E-state index is 12.1. The van der Waals surface area contributed by atoms with Crippen LogP contribution < -0.4 is 5.32 Å². The normalized spacial score (nSPS) is 16.2. The number of benzene rings is 1. The van der Waals surface area contributed by atoms with Crippen LogP contribution in [0.3, 0.4) is 0 Å².